The Bertz CT molecular complexity index is 975. The molecular weight excluding hydrogens is 318 g/mol. The van der Waals surface area contributed by atoms with Crippen molar-refractivity contribution in [2.45, 2.75) is 13.0 Å². The lowest BCUT2D eigenvalue weighted by Crippen LogP contribution is -2.13. The Balaban J connectivity index is 1.92. The summed E-state index contributed by atoms with van der Waals surface area (Å²) in [6.07, 6.45) is 1.77. The van der Waals surface area contributed by atoms with E-state index < -0.39 is 0 Å². The van der Waals surface area contributed by atoms with E-state index in [1.165, 1.54) is 0 Å². The average Bonchev–Trinajstić information content (AvgIpc) is 3.20. The minimum absolute atomic E-state index is 0.187. The molecular formula is C19H17N3OS. The highest BCUT2D eigenvalue weighted by Crippen LogP contribution is 2.37. The Hall–Kier alpha value is -2.79. The first-order valence-corrected chi connectivity index (χ1v) is 8.63. The number of anilines is 1. The lowest BCUT2D eigenvalue weighted by molar-refractivity contribution is 0.466. The van der Waals surface area contributed by atoms with Crippen LogP contribution in [0.15, 0.2) is 60.1 Å². The fraction of sp³-hybridized carbons (Fsp3) is 0.105. The molecule has 2 aromatic heterocycles. The third-order valence-electron chi connectivity index (χ3n) is 4.18. The van der Waals surface area contributed by atoms with Gasteiger partial charge in [0.2, 0.25) is 0 Å². The molecule has 4 nitrogen and oxygen atoms in total. The molecule has 0 radical (unpaired) electrons. The molecule has 2 aromatic carbocycles. The van der Waals surface area contributed by atoms with Gasteiger partial charge < -0.3 is 15.4 Å². The van der Waals surface area contributed by atoms with Crippen LogP contribution in [-0.2, 0) is 0 Å². The molecule has 0 fully saturated rings. The molecule has 0 spiro atoms. The van der Waals surface area contributed by atoms with Gasteiger partial charge in [-0.25, -0.2) is 4.98 Å². The van der Waals surface area contributed by atoms with Crippen LogP contribution in [0.3, 0.4) is 0 Å². The number of benzene rings is 2. The zero-order valence-corrected chi connectivity index (χ0v) is 14.0. The molecule has 3 N–H and O–H groups in total. The lowest BCUT2D eigenvalue weighted by Gasteiger charge is -2.20. The number of H-pyrrole nitrogens is 1. The van der Waals surface area contributed by atoms with Crippen molar-refractivity contribution in [3.05, 3.63) is 76.9 Å². The fourth-order valence-corrected chi connectivity index (χ4v) is 3.68. The van der Waals surface area contributed by atoms with E-state index in [1.807, 2.05) is 35.7 Å². The maximum atomic E-state index is 10.4. The van der Waals surface area contributed by atoms with Gasteiger partial charge in [0, 0.05) is 39.3 Å². The van der Waals surface area contributed by atoms with Gasteiger partial charge in [0.25, 0.3) is 0 Å². The largest absolute Gasteiger partial charge is 0.508 e. The van der Waals surface area contributed by atoms with Gasteiger partial charge in [0.05, 0.1) is 6.04 Å². The van der Waals surface area contributed by atoms with Gasteiger partial charge in [0.1, 0.15) is 5.75 Å². The number of nitrogens with zero attached hydrogens (tertiary/aromatic N) is 1. The van der Waals surface area contributed by atoms with Gasteiger partial charge in [0.15, 0.2) is 5.13 Å². The molecule has 0 bridgehead atoms. The van der Waals surface area contributed by atoms with Crippen LogP contribution in [0.4, 0.5) is 5.13 Å². The number of thiazole rings is 1. The minimum atomic E-state index is -0.187. The van der Waals surface area contributed by atoms with Gasteiger partial charge in [-0.3, -0.25) is 0 Å². The topological polar surface area (TPSA) is 60.9 Å². The molecule has 0 aliphatic heterocycles. The second kappa shape index (κ2) is 6.02. The van der Waals surface area contributed by atoms with Crippen molar-refractivity contribution in [3.8, 4) is 5.75 Å². The third-order valence-corrected chi connectivity index (χ3v) is 4.88. The van der Waals surface area contributed by atoms with Crippen molar-refractivity contribution in [1.29, 1.82) is 0 Å². The van der Waals surface area contributed by atoms with Crippen molar-refractivity contribution in [2.24, 2.45) is 0 Å². The molecule has 0 saturated carbocycles. The Kier molecular flexibility index (Phi) is 3.70. The summed E-state index contributed by atoms with van der Waals surface area (Å²) in [5, 5.41) is 17.8. The third kappa shape index (κ3) is 2.53. The molecule has 5 heteroatoms. The standard InChI is InChI=1S/C19H17N3OS/c1-12-17(13-6-2-4-8-15(13)21-12)18(22-19-20-10-11-24-19)14-7-3-5-9-16(14)23/h2-11,18,21,23H,1H3,(H,20,22)/t18-/m0/s1. The number of aromatic nitrogens is 2. The van der Waals surface area contributed by atoms with Gasteiger partial charge in [-0.2, -0.15) is 0 Å². The molecule has 4 rings (SSSR count). The van der Waals surface area contributed by atoms with Crippen molar-refractivity contribution in [2.75, 3.05) is 5.32 Å². The molecule has 1 atom stereocenters. The Morgan fingerprint density at radius 3 is 2.71 bits per heavy atom. The van der Waals surface area contributed by atoms with Crippen molar-refractivity contribution in [3.63, 3.8) is 0 Å². The van der Waals surface area contributed by atoms with Crippen LogP contribution in [-0.4, -0.2) is 15.1 Å². The van der Waals surface area contributed by atoms with Crippen molar-refractivity contribution >= 4 is 27.4 Å². The minimum Gasteiger partial charge on any atom is -0.508 e. The van der Waals surface area contributed by atoms with Crippen LogP contribution in [0, 0.1) is 6.92 Å². The van der Waals surface area contributed by atoms with E-state index in [0.717, 1.165) is 32.9 Å². The molecule has 0 aliphatic carbocycles. The highest BCUT2D eigenvalue weighted by atomic mass is 32.1. The van der Waals surface area contributed by atoms with E-state index in [2.05, 4.69) is 34.3 Å². The normalized spacial score (nSPS) is 12.4. The summed E-state index contributed by atoms with van der Waals surface area (Å²) in [5.74, 6) is 0.274. The summed E-state index contributed by atoms with van der Waals surface area (Å²) in [5.41, 5.74) is 4.13. The maximum absolute atomic E-state index is 10.4. The van der Waals surface area contributed by atoms with Gasteiger partial charge >= 0.3 is 0 Å². The van der Waals surface area contributed by atoms with E-state index in [-0.39, 0.29) is 11.8 Å². The zero-order valence-electron chi connectivity index (χ0n) is 13.2. The second-order valence-corrected chi connectivity index (χ2v) is 6.58. The Labute approximate surface area is 143 Å². The Morgan fingerprint density at radius 2 is 1.92 bits per heavy atom. The van der Waals surface area contributed by atoms with Crippen molar-refractivity contribution in [1.82, 2.24) is 9.97 Å². The summed E-state index contributed by atoms with van der Waals surface area (Å²) < 4.78 is 0. The predicted octanol–water partition coefficient (Wildman–Crippen LogP) is 4.84. The smallest absolute Gasteiger partial charge is 0.183 e. The number of rotatable bonds is 4. The SMILES string of the molecule is Cc1[nH]c2ccccc2c1[C@@H](Nc1nccs1)c1ccccc1O. The van der Waals surface area contributed by atoms with Crippen LogP contribution < -0.4 is 5.32 Å². The molecule has 0 aliphatic rings. The maximum Gasteiger partial charge on any atom is 0.183 e. The van der Waals surface area contributed by atoms with Gasteiger partial charge in [-0.15, -0.1) is 11.3 Å². The number of aromatic hydroxyl groups is 1. The number of aromatic amines is 1. The summed E-state index contributed by atoms with van der Waals surface area (Å²) in [7, 11) is 0. The molecule has 2 heterocycles. The van der Waals surface area contributed by atoms with Crippen LogP contribution in [0.5, 0.6) is 5.75 Å². The molecule has 0 amide bonds. The van der Waals surface area contributed by atoms with Crippen molar-refractivity contribution < 1.29 is 5.11 Å². The first-order chi connectivity index (χ1) is 11.7. The number of hydrogen-bond acceptors (Lipinski definition) is 4. The van der Waals surface area contributed by atoms with Gasteiger partial charge in [-0.05, 0) is 19.1 Å². The van der Waals surface area contributed by atoms with E-state index in [4.69, 9.17) is 0 Å². The predicted molar refractivity (Wildman–Crippen MR) is 98.7 cm³/mol. The van der Waals surface area contributed by atoms with E-state index in [0.29, 0.717) is 0 Å². The molecule has 4 aromatic rings. The van der Waals surface area contributed by atoms with Crippen LogP contribution in [0.25, 0.3) is 10.9 Å². The zero-order chi connectivity index (χ0) is 16.5. The summed E-state index contributed by atoms with van der Waals surface area (Å²) >= 11 is 1.55. The van der Waals surface area contributed by atoms with E-state index in [9.17, 15) is 5.11 Å². The number of hydrogen-bond donors (Lipinski definition) is 3. The number of phenolic OH excluding ortho intramolecular Hbond substituents is 1. The van der Waals surface area contributed by atoms with Crippen LogP contribution in [0.2, 0.25) is 0 Å². The number of nitrogens with one attached hydrogen (secondary N) is 2. The first kappa shape index (κ1) is 14.8. The lowest BCUT2D eigenvalue weighted by atomic mass is 9.95. The monoisotopic (exact) mass is 335 g/mol. The highest BCUT2D eigenvalue weighted by Gasteiger charge is 2.23. The summed E-state index contributed by atoms with van der Waals surface area (Å²) in [4.78, 5) is 7.78. The number of phenols is 1. The molecule has 120 valence electrons. The number of fused-ring (bicyclic) bond motifs is 1. The average molecular weight is 335 g/mol. The van der Waals surface area contributed by atoms with E-state index in [1.54, 1.807) is 23.6 Å². The molecule has 0 saturated heterocycles. The van der Waals surface area contributed by atoms with Gasteiger partial charge in [-0.1, -0.05) is 36.4 Å². The Morgan fingerprint density at radius 1 is 1.12 bits per heavy atom. The molecule has 24 heavy (non-hydrogen) atoms. The molecule has 0 unspecified atom stereocenters. The quantitative estimate of drug-likeness (QED) is 0.500. The summed E-state index contributed by atoms with van der Waals surface area (Å²) in [6.45, 7) is 2.06. The fourth-order valence-electron chi connectivity index (χ4n) is 3.13. The van der Waals surface area contributed by atoms with E-state index >= 15 is 0 Å². The highest BCUT2D eigenvalue weighted by molar-refractivity contribution is 7.13. The number of aryl methyl sites for hydroxylation is 1. The van der Waals surface area contributed by atoms with Crippen LogP contribution >= 0.6 is 11.3 Å². The first-order valence-electron chi connectivity index (χ1n) is 7.75. The number of para-hydroxylation sites is 2. The second-order valence-electron chi connectivity index (χ2n) is 5.68. The van der Waals surface area contributed by atoms with Crippen LogP contribution in [0.1, 0.15) is 22.9 Å². The summed E-state index contributed by atoms with van der Waals surface area (Å²) in [6, 6.07) is 15.5.